The molecular weight excluding hydrogens is 204 g/mol. The van der Waals surface area contributed by atoms with E-state index in [0.717, 1.165) is 23.9 Å². The van der Waals surface area contributed by atoms with Crippen molar-refractivity contribution in [1.29, 1.82) is 0 Å². The molecule has 0 spiro atoms. The second-order valence-corrected chi connectivity index (χ2v) is 3.86. The fraction of sp³-hybridized carbons (Fsp3) is 0.455. The molecule has 2 rings (SSSR count). The van der Waals surface area contributed by atoms with Crippen molar-refractivity contribution >= 4 is 0 Å². The van der Waals surface area contributed by atoms with E-state index in [1.165, 1.54) is 0 Å². The van der Waals surface area contributed by atoms with E-state index in [2.05, 4.69) is 15.4 Å². The van der Waals surface area contributed by atoms with E-state index in [1.807, 2.05) is 31.6 Å². The Bertz CT molecular complexity index is 460. The highest BCUT2D eigenvalue weighted by atomic mass is 16.4. The minimum absolute atomic E-state index is 0.101. The number of aromatic nitrogens is 3. The lowest BCUT2D eigenvalue weighted by molar-refractivity contribution is 0.399. The summed E-state index contributed by atoms with van der Waals surface area (Å²) in [7, 11) is 1.93. The average Bonchev–Trinajstić information content (AvgIpc) is 2.84. The summed E-state index contributed by atoms with van der Waals surface area (Å²) in [6.07, 6.45) is 3.52. The van der Waals surface area contributed by atoms with Crippen LogP contribution in [0.15, 0.2) is 22.9 Å². The molecule has 0 aromatic carbocycles. The molecule has 1 N–H and O–H groups in total. The van der Waals surface area contributed by atoms with Crippen molar-refractivity contribution in [2.24, 2.45) is 7.05 Å². The zero-order chi connectivity index (χ0) is 11.5. The lowest BCUT2D eigenvalue weighted by Gasteiger charge is -2.10. The highest BCUT2D eigenvalue weighted by Crippen LogP contribution is 2.12. The normalized spacial score (nSPS) is 12.9. The Morgan fingerprint density at radius 1 is 1.56 bits per heavy atom. The van der Waals surface area contributed by atoms with Gasteiger partial charge in [-0.1, -0.05) is 0 Å². The molecular formula is C11H16N4O. The summed E-state index contributed by atoms with van der Waals surface area (Å²) in [5, 5.41) is 7.45. The minimum Gasteiger partial charge on any atom is -0.444 e. The van der Waals surface area contributed by atoms with Gasteiger partial charge in [0.1, 0.15) is 5.76 Å². The van der Waals surface area contributed by atoms with Crippen molar-refractivity contribution in [3.05, 3.63) is 35.8 Å². The molecule has 0 fully saturated rings. The molecule has 0 aliphatic rings. The second-order valence-electron chi connectivity index (χ2n) is 3.86. The SMILES string of the molecule is Cc1cnc(C(C)NCc2ccnn2C)o1. The first-order chi connectivity index (χ1) is 7.66. The summed E-state index contributed by atoms with van der Waals surface area (Å²) in [6.45, 7) is 4.67. The van der Waals surface area contributed by atoms with Crippen LogP contribution in [0.3, 0.4) is 0 Å². The molecule has 0 bridgehead atoms. The molecule has 0 aliphatic carbocycles. The minimum atomic E-state index is 0.101. The molecule has 5 heteroatoms. The van der Waals surface area contributed by atoms with E-state index in [0.29, 0.717) is 0 Å². The van der Waals surface area contributed by atoms with Crippen molar-refractivity contribution in [3.8, 4) is 0 Å². The maximum absolute atomic E-state index is 5.45. The van der Waals surface area contributed by atoms with Crippen molar-refractivity contribution in [2.75, 3.05) is 0 Å². The predicted molar refractivity (Wildman–Crippen MR) is 59.7 cm³/mol. The number of aryl methyl sites for hydroxylation is 2. The fourth-order valence-corrected chi connectivity index (χ4v) is 1.49. The fourth-order valence-electron chi connectivity index (χ4n) is 1.49. The van der Waals surface area contributed by atoms with Crippen LogP contribution in [0.2, 0.25) is 0 Å². The lowest BCUT2D eigenvalue weighted by atomic mass is 10.3. The number of nitrogens with one attached hydrogen (secondary N) is 1. The van der Waals surface area contributed by atoms with E-state index in [4.69, 9.17) is 4.42 Å². The smallest absolute Gasteiger partial charge is 0.211 e. The van der Waals surface area contributed by atoms with Gasteiger partial charge in [0.25, 0.3) is 0 Å². The van der Waals surface area contributed by atoms with Crippen LogP contribution in [-0.2, 0) is 13.6 Å². The van der Waals surface area contributed by atoms with E-state index >= 15 is 0 Å². The number of rotatable bonds is 4. The molecule has 0 saturated carbocycles. The standard InChI is InChI=1S/C11H16N4O/c1-8-6-13-11(16-8)9(2)12-7-10-4-5-14-15(10)3/h4-6,9,12H,7H2,1-3H3. The summed E-state index contributed by atoms with van der Waals surface area (Å²) in [6, 6.07) is 2.09. The number of hydrogen-bond donors (Lipinski definition) is 1. The maximum Gasteiger partial charge on any atom is 0.211 e. The third-order valence-electron chi connectivity index (χ3n) is 2.52. The molecule has 16 heavy (non-hydrogen) atoms. The number of nitrogens with zero attached hydrogens (tertiary/aromatic N) is 3. The molecule has 0 aliphatic heterocycles. The van der Waals surface area contributed by atoms with Gasteiger partial charge in [-0.3, -0.25) is 4.68 Å². The van der Waals surface area contributed by atoms with E-state index in [-0.39, 0.29) is 6.04 Å². The van der Waals surface area contributed by atoms with Crippen molar-refractivity contribution in [1.82, 2.24) is 20.1 Å². The summed E-state index contributed by atoms with van der Waals surface area (Å²) in [5.41, 5.74) is 1.13. The number of hydrogen-bond acceptors (Lipinski definition) is 4. The predicted octanol–water partition coefficient (Wildman–Crippen LogP) is 1.57. The van der Waals surface area contributed by atoms with Crippen LogP contribution in [0, 0.1) is 6.92 Å². The largest absolute Gasteiger partial charge is 0.444 e. The summed E-state index contributed by atoms with van der Waals surface area (Å²) in [4.78, 5) is 4.19. The molecule has 86 valence electrons. The summed E-state index contributed by atoms with van der Waals surface area (Å²) < 4.78 is 7.30. The van der Waals surface area contributed by atoms with Gasteiger partial charge in [-0.25, -0.2) is 4.98 Å². The Labute approximate surface area is 94.5 Å². The van der Waals surface area contributed by atoms with E-state index in [1.54, 1.807) is 12.4 Å². The van der Waals surface area contributed by atoms with Gasteiger partial charge in [-0.05, 0) is 19.9 Å². The van der Waals surface area contributed by atoms with Gasteiger partial charge in [0.15, 0.2) is 0 Å². The second kappa shape index (κ2) is 4.49. The first kappa shape index (κ1) is 10.9. The zero-order valence-electron chi connectivity index (χ0n) is 9.77. The van der Waals surface area contributed by atoms with Crippen LogP contribution >= 0.6 is 0 Å². The first-order valence-corrected chi connectivity index (χ1v) is 5.29. The van der Waals surface area contributed by atoms with Gasteiger partial charge in [-0.15, -0.1) is 0 Å². The first-order valence-electron chi connectivity index (χ1n) is 5.29. The highest BCUT2D eigenvalue weighted by Gasteiger charge is 2.11. The Balaban J connectivity index is 1.93. The Morgan fingerprint density at radius 2 is 2.38 bits per heavy atom. The van der Waals surface area contributed by atoms with E-state index in [9.17, 15) is 0 Å². The third-order valence-corrected chi connectivity index (χ3v) is 2.52. The molecule has 2 aromatic rings. The Morgan fingerprint density at radius 3 is 2.94 bits per heavy atom. The van der Waals surface area contributed by atoms with Crippen LogP contribution in [0.5, 0.6) is 0 Å². The van der Waals surface area contributed by atoms with Crippen LogP contribution in [0.25, 0.3) is 0 Å². The molecule has 1 atom stereocenters. The topological polar surface area (TPSA) is 55.9 Å². The Hall–Kier alpha value is -1.62. The van der Waals surface area contributed by atoms with Gasteiger partial charge in [0.2, 0.25) is 5.89 Å². The van der Waals surface area contributed by atoms with Gasteiger partial charge in [-0.2, -0.15) is 5.10 Å². The molecule has 2 heterocycles. The van der Waals surface area contributed by atoms with Gasteiger partial charge in [0.05, 0.1) is 17.9 Å². The maximum atomic E-state index is 5.45. The summed E-state index contributed by atoms with van der Waals surface area (Å²) >= 11 is 0. The van der Waals surface area contributed by atoms with Crippen molar-refractivity contribution < 1.29 is 4.42 Å². The third kappa shape index (κ3) is 2.30. The summed E-state index contributed by atoms with van der Waals surface area (Å²) in [5.74, 6) is 1.56. The number of oxazole rings is 1. The van der Waals surface area contributed by atoms with Crippen LogP contribution < -0.4 is 5.32 Å². The van der Waals surface area contributed by atoms with Crippen LogP contribution in [0.4, 0.5) is 0 Å². The molecule has 1 unspecified atom stereocenters. The lowest BCUT2D eigenvalue weighted by Crippen LogP contribution is -2.20. The highest BCUT2D eigenvalue weighted by molar-refractivity contribution is 5.01. The zero-order valence-corrected chi connectivity index (χ0v) is 9.77. The monoisotopic (exact) mass is 220 g/mol. The van der Waals surface area contributed by atoms with Gasteiger partial charge in [0, 0.05) is 19.8 Å². The average molecular weight is 220 g/mol. The van der Waals surface area contributed by atoms with Crippen LogP contribution in [0.1, 0.15) is 30.3 Å². The van der Waals surface area contributed by atoms with Crippen molar-refractivity contribution in [2.45, 2.75) is 26.4 Å². The molecule has 0 amide bonds. The molecule has 0 radical (unpaired) electrons. The van der Waals surface area contributed by atoms with Crippen LogP contribution in [-0.4, -0.2) is 14.8 Å². The van der Waals surface area contributed by atoms with Crippen molar-refractivity contribution in [3.63, 3.8) is 0 Å². The molecule has 0 saturated heterocycles. The molecule has 2 aromatic heterocycles. The van der Waals surface area contributed by atoms with E-state index < -0.39 is 0 Å². The Kier molecular flexibility index (Phi) is 3.05. The quantitative estimate of drug-likeness (QED) is 0.849. The molecule has 5 nitrogen and oxygen atoms in total. The van der Waals surface area contributed by atoms with Gasteiger partial charge < -0.3 is 9.73 Å². The van der Waals surface area contributed by atoms with Gasteiger partial charge >= 0.3 is 0 Å².